The SMILES string of the molecule is CCCCCC[PH](CCCCCC)(CCCCCC)CCCCCC.N#CC(C#N)C#N. The standard InChI is InChI=1S/C24H53P.C4HN3/c1-5-9-13-17-21-25(22-18-14-10-6-2,23-19-15-11-7-3)24-20-16-12-8-4;5-1-4(2-6)3-7/h25H,5-24H2,1-4H3;4H. The van der Waals surface area contributed by atoms with Crippen molar-refractivity contribution < 1.29 is 0 Å². The van der Waals surface area contributed by atoms with Crippen molar-refractivity contribution in [3.05, 3.63) is 0 Å². The molecule has 0 atom stereocenters. The quantitative estimate of drug-likeness (QED) is 0.133. The second-order valence-electron chi connectivity index (χ2n) is 9.56. The molecule has 0 aliphatic carbocycles. The Morgan fingerprint density at radius 3 is 0.844 bits per heavy atom. The Hall–Kier alpha value is -1.10. The molecule has 0 spiro atoms. The van der Waals surface area contributed by atoms with E-state index in [2.05, 4.69) is 27.7 Å². The van der Waals surface area contributed by atoms with E-state index in [0.717, 1.165) is 0 Å². The van der Waals surface area contributed by atoms with Gasteiger partial charge in [-0.15, -0.1) is 0 Å². The average molecular weight is 464 g/mol. The zero-order valence-electron chi connectivity index (χ0n) is 22.1. The summed E-state index contributed by atoms with van der Waals surface area (Å²) >= 11 is 0. The fourth-order valence-corrected chi connectivity index (χ4v) is 10.0. The van der Waals surface area contributed by atoms with Crippen LogP contribution in [0.4, 0.5) is 0 Å². The fraction of sp³-hybridized carbons (Fsp3) is 0.893. The van der Waals surface area contributed by atoms with Gasteiger partial charge in [0.1, 0.15) is 0 Å². The zero-order chi connectivity index (χ0) is 24.3. The molecule has 0 heterocycles. The summed E-state index contributed by atoms with van der Waals surface area (Å²) in [7, 11) is -0.995. The summed E-state index contributed by atoms with van der Waals surface area (Å²) in [6.07, 6.45) is 30.3. The average Bonchev–Trinajstić information content (AvgIpc) is 2.82. The normalized spacial score (nSPS) is 11.2. The van der Waals surface area contributed by atoms with Crippen LogP contribution in [-0.4, -0.2) is 24.6 Å². The van der Waals surface area contributed by atoms with E-state index in [1.165, 1.54) is 95.3 Å². The van der Waals surface area contributed by atoms with Gasteiger partial charge in [-0.25, -0.2) is 0 Å². The molecule has 0 bridgehead atoms. The predicted molar refractivity (Wildman–Crippen MR) is 145 cm³/mol. The summed E-state index contributed by atoms with van der Waals surface area (Å²) in [6.45, 7) is 9.41. The van der Waals surface area contributed by atoms with Crippen LogP contribution in [0.15, 0.2) is 0 Å². The maximum Gasteiger partial charge on any atom is 0.218 e. The zero-order valence-corrected chi connectivity index (χ0v) is 23.1. The van der Waals surface area contributed by atoms with E-state index in [1.807, 2.05) is 0 Å². The Labute approximate surface area is 202 Å². The summed E-state index contributed by atoms with van der Waals surface area (Å²) < 4.78 is 0. The Kier molecular flexibility index (Phi) is 27.0. The molecule has 0 saturated heterocycles. The van der Waals surface area contributed by atoms with Gasteiger partial charge in [0.25, 0.3) is 0 Å². The van der Waals surface area contributed by atoms with Gasteiger partial charge in [0, 0.05) is 0 Å². The van der Waals surface area contributed by atoms with E-state index < -0.39 is 13.2 Å². The number of unbranched alkanes of at least 4 members (excludes halogenated alkanes) is 12. The number of nitrogens with zero attached hydrogens (tertiary/aromatic N) is 3. The molecule has 0 aliphatic heterocycles. The molecular formula is C28H54N3P. The van der Waals surface area contributed by atoms with Gasteiger partial charge in [-0.05, 0) is 0 Å². The molecule has 4 heteroatoms. The topological polar surface area (TPSA) is 71.4 Å². The van der Waals surface area contributed by atoms with Gasteiger partial charge < -0.3 is 0 Å². The van der Waals surface area contributed by atoms with Crippen LogP contribution in [0.5, 0.6) is 0 Å². The van der Waals surface area contributed by atoms with Crippen molar-refractivity contribution in [2.24, 2.45) is 5.92 Å². The molecule has 0 aromatic rings. The molecule has 0 unspecified atom stereocenters. The van der Waals surface area contributed by atoms with Gasteiger partial charge in [-0.1, -0.05) is 0 Å². The largest absolute Gasteiger partial charge is 0.218 e. The third-order valence-corrected chi connectivity index (χ3v) is 12.3. The van der Waals surface area contributed by atoms with E-state index >= 15 is 0 Å². The third-order valence-electron chi connectivity index (χ3n) is 6.63. The smallest absolute Gasteiger partial charge is 0.196 e. The molecule has 0 N–H and O–H groups in total. The van der Waals surface area contributed by atoms with E-state index in [0.29, 0.717) is 0 Å². The van der Waals surface area contributed by atoms with Crippen molar-refractivity contribution in [3.8, 4) is 18.2 Å². The van der Waals surface area contributed by atoms with Gasteiger partial charge in [-0.3, -0.25) is 0 Å². The first kappa shape index (κ1) is 33.1. The van der Waals surface area contributed by atoms with Crippen molar-refractivity contribution in [1.82, 2.24) is 0 Å². The van der Waals surface area contributed by atoms with Gasteiger partial charge in [0.15, 0.2) is 0 Å². The molecule has 0 aliphatic rings. The summed E-state index contributed by atoms with van der Waals surface area (Å²) in [5, 5.41) is 23.5. The number of hydrogen-bond donors (Lipinski definition) is 0. The molecule has 0 fully saturated rings. The van der Waals surface area contributed by atoms with Crippen molar-refractivity contribution in [2.75, 3.05) is 24.6 Å². The van der Waals surface area contributed by atoms with Crippen LogP contribution in [0.2, 0.25) is 0 Å². The van der Waals surface area contributed by atoms with Gasteiger partial charge in [0.2, 0.25) is 5.92 Å². The molecular weight excluding hydrogens is 409 g/mol. The van der Waals surface area contributed by atoms with Crippen molar-refractivity contribution in [2.45, 2.75) is 130 Å². The number of nitriles is 3. The molecule has 186 valence electrons. The second kappa shape index (κ2) is 26.2. The molecule has 0 rings (SSSR count). The van der Waals surface area contributed by atoms with Crippen LogP contribution in [-0.2, 0) is 0 Å². The van der Waals surface area contributed by atoms with Crippen LogP contribution in [0, 0.1) is 39.9 Å². The monoisotopic (exact) mass is 463 g/mol. The van der Waals surface area contributed by atoms with Crippen LogP contribution in [0.3, 0.4) is 0 Å². The summed E-state index contributed by atoms with van der Waals surface area (Å²) in [5.41, 5.74) is 0. The van der Waals surface area contributed by atoms with E-state index in [1.54, 1.807) is 50.3 Å². The van der Waals surface area contributed by atoms with E-state index in [4.69, 9.17) is 15.8 Å². The van der Waals surface area contributed by atoms with Crippen LogP contribution in [0.25, 0.3) is 0 Å². The maximum absolute atomic E-state index is 7.83. The molecule has 0 saturated carbocycles. The summed E-state index contributed by atoms with van der Waals surface area (Å²) in [4.78, 5) is 0. The minimum absolute atomic E-state index is 0.995. The van der Waals surface area contributed by atoms with Crippen LogP contribution < -0.4 is 0 Å². The Balaban J connectivity index is 0. The van der Waals surface area contributed by atoms with Gasteiger partial charge >= 0.3 is 162 Å². The molecule has 0 aromatic heterocycles. The first-order valence-electron chi connectivity index (χ1n) is 13.8. The number of hydrogen-bond acceptors (Lipinski definition) is 3. The molecule has 32 heavy (non-hydrogen) atoms. The number of rotatable bonds is 20. The van der Waals surface area contributed by atoms with E-state index in [-0.39, 0.29) is 0 Å². The summed E-state index contributed by atoms with van der Waals surface area (Å²) in [6, 6.07) is 4.44. The Bertz CT molecular complexity index is 425. The predicted octanol–water partition coefficient (Wildman–Crippen LogP) is 9.23. The van der Waals surface area contributed by atoms with Gasteiger partial charge in [0.05, 0.1) is 18.2 Å². The molecule has 0 amide bonds. The van der Waals surface area contributed by atoms with Crippen LogP contribution in [0.1, 0.15) is 130 Å². The molecule has 0 aromatic carbocycles. The summed E-state index contributed by atoms with van der Waals surface area (Å²) in [5.74, 6) is -1.10. The van der Waals surface area contributed by atoms with Crippen LogP contribution >= 0.6 is 7.26 Å². The van der Waals surface area contributed by atoms with E-state index in [9.17, 15) is 0 Å². The maximum atomic E-state index is 7.83. The van der Waals surface area contributed by atoms with Crippen molar-refractivity contribution >= 4 is 7.26 Å². The first-order chi connectivity index (χ1) is 15.6. The second-order valence-corrected chi connectivity index (χ2v) is 14.6. The Morgan fingerprint density at radius 2 is 0.688 bits per heavy atom. The van der Waals surface area contributed by atoms with Crippen molar-refractivity contribution in [1.29, 1.82) is 15.8 Å². The van der Waals surface area contributed by atoms with Gasteiger partial charge in [-0.2, -0.15) is 15.8 Å². The Morgan fingerprint density at radius 1 is 0.438 bits per heavy atom. The fourth-order valence-electron chi connectivity index (χ4n) is 4.54. The molecule has 0 radical (unpaired) electrons. The first-order valence-corrected chi connectivity index (χ1v) is 16.6. The minimum Gasteiger partial charge on any atom is -0.196 e. The minimum atomic E-state index is -1.10. The molecule has 3 nitrogen and oxygen atoms in total. The third kappa shape index (κ3) is 20.8. The van der Waals surface area contributed by atoms with Crippen molar-refractivity contribution in [3.63, 3.8) is 0 Å².